The molecule has 116 valence electrons. The molecular weight excluding hydrogens is 268 g/mol. The highest BCUT2D eigenvalue weighted by Crippen LogP contribution is 2.69. The highest BCUT2D eigenvalue weighted by molar-refractivity contribution is 5.84. The Morgan fingerprint density at radius 3 is 2.05 bits per heavy atom. The highest BCUT2D eigenvalue weighted by atomic mass is 16.3. The number of aliphatic hydroxyl groups is 1. The van der Waals surface area contributed by atoms with Gasteiger partial charge in [0.05, 0.1) is 0 Å². The summed E-state index contributed by atoms with van der Waals surface area (Å²) in [6, 6.07) is 0. The Labute approximate surface area is 125 Å². The van der Waals surface area contributed by atoms with Gasteiger partial charge in [-0.3, -0.25) is 9.59 Å². The number of hydrogen-bond donors (Lipinski definition) is 1. The van der Waals surface area contributed by atoms with E-state index in [0.29, 0.717) is 49.8 Å². The van der Waals surface area contributed by atoms with Gasteiger partial charge in [-0.1, -0.05) is 0 Å². The Kier molecular flexibility index (Phi) is 3.03. The topological polar surface area (TPSA) is 60.9 Å². The smallest absolute Gasteiger partial charge is 0.251 e. The molecule has 0 spiro atoms. The molecule has 3 aliphatic carbocycles. The van der Waals surface area contributed by atoms with Gasteiger partial charge in [0.15, 0.2) is 0 Å². The predicted octanol–water partition coefficient (Wildman–Crippen LogP) is 0.330. The lowest BCUT2D eigenvalue weighted by molar-refractivity contribution is -0.145. The zero-order valence-corrected chi connectivity index (χ0v) is 12.6. The first kappa shape index (κ1) is 13.6. The number of aliphatic hydroxyl groups excluding tert-OH is 1. The van der Waals surface area contributed by atoms with Crippen molar-refractivity contribution in [2.75, 3.05) is 26.2 Å². The Hall–Kier alpha value is -1.10. The van der Waals surface area contributed by atoms with Crippen LogP contribution in [0.4, 0.5) is 0 Å². The van der Waals surface area contributed by atoms with Crippen LogP contribution in [0.15, 0.2) is 0 Å². The molecule has 4 aliphatic rings. The molecule has 0 aromatic carbocycles. The van der Waals surface area contributed by atoms with Crippen LogP contribution in [-0.2, 0) is 9.59 Å². The third-order valence-electron chi connectivity index (χ3n) is 6.28. The van der Waals surface area contributed by atoms with Crippen LogP contribution >= 0.6 is 0 Å². The molecule has 0 aromatic rings. The van der Waals surface area contributed by atoms with Gasteiger partial charge in [-0.25, -0.2) is 0 Å². The van der Waals surface area contributed by atoms with Crippen LogP contribution in [0, 0.1) is 29.6 Å². The number of nitrogens with zero attached hydrogens (tertiary/aromatic N) is 2. The molecule has 2 amide bonds. The molecule has 1 saturated heterocycles. The largest absolute Gasteiger partial charge is 0.384 e. The summed E-state index contributed by atoms with van der Waals surface area (Å²) in [7, 11) is 0. The lowest BCUT2D eigenvalue weighted by atomic mass is 10.0. The molecule has 1 N–H and O–H groups in total. The standard InChI is InChI=1S/C16H24N2O3/c1-9(19)15(20)17-4-6-18(7-5-17)16(21)14-12-10-2-3-11(8-10)13(12)14/h9-14,19H,2-8H2,1H3. The lowest BCUT2D eigenvalue weighted by Crippen LogP contribution is -2.53. The van der Waals surface area contributed by atoms with Crippen molar-refractivity contribution >= 4 is 11.8 Å². The van der Waals surface area contributed by atoms with Gasteiger partial charge in [0.25, 0.3) is 5.91 Å². The van der Waals surface area contributed by atoms with E-state index in [1.807, 2.05) is 4.90 Å². The average Bonchev–Trinajstić information content (AvgIpc) is 2.93. The van der Waals surface area contributed by atoms with E-state index in [0.717, 1.165) is 11.8 Å². The Bertz CT molecular complexity index is 454. The summed E-state index contributed by atoms with van der Waals surface area (Å²) in [5.74, 6) is 3.45. The number of carbonyl (C=O) groups excluding carboxylic acids is 2. The maximum atomic E-state index is 12.7. The molecule has 0 radical (unpaired) electrons. The molecule has 0 aromatic heterocycles. The molecule has 1 aliphatic heterocycles. The summed E-state index contributed by atoms with van der Waals surface area (Å²) in [4.78, 5) is 28.0. The third kappa shape index (κ3) is 2.00. The first-order valence-electron chi connectivity index (χ1n) is 8.33. The number of rotatable bonds is 2. The van der Waals surface area contributed by atoms with Crippen molar-refractivity contribution in [2.45, 2.75) is 32.3 Å². The monoisotopic (exact) mass is 292 g/mol. The fourth-order valence-corrected chi connectivity index (χ4v) is 5.28. The first-order chi connectivity index (χ1) is 10.1. The Morgan fingerprint density at radius 1 is 1.00 bits per heavy atom. The highest BCUT2D eigenvalue weighted by Gasteiger charge is 2.68. The van der Waals surface area contributed by atoms with Gasteiger partial charge in [0.2, 0.25) is 5.91 Å². The van der Waals surface area contributed by atoms with E-state index in [2.05, 4.69) is 0 Å². The normalized spacial score (nSPS) is 41.9. The van der Waals surface area contributed by atoms with Crippen molar-refractivity contribution in [3.8, 4) is 0 Å². The molecule has 5 unspecified atom stereocenters. The molecular formula is C16H24N2O3. The molecule has 5 heteroatoms. The maximum absolute atomic E-state index is 12.7. The molecule has 1 heterocycles. The molecule has 4 fully saturated rings. The summed E-state index contributed by atoms with van der Waals surface area (Å²) in [5, 5.41) is 9.35. The minimum absolute atomic E-state index is 0.219. The van der Waals surface area contributed by atoms with Gasteiger partial charge in [0.1, 0.15) is 6.10 Å². The summed E-state index contributed by atoms with van der Waals surface area (Å²) < 4.78 is 0. The quantitative estimate of drug-likeness (QED) is 0.798. The van der Waals surface area contributed by atoms with Gasteiger partial charge in [-0.05, 0) is 49.9 Å². The van der Waals surface area contributed by atoms with E-state index in [-0.39, 0.29) is 5.91 Å². The van der Waals surface area contributed by atoms with E-state index in [1.165, 1.54) is 26.2 Å². The number of carbonyl (C=O) groups is 2. The number of amides is 2. The SMILES string of the molecule is CC(O)C(=O)N1CCN(C(=O)C2C3C4CCC(C4)C23)CC1. The average molecular weight is 292 g/mol. The van der Waals surface area contributed by atoms with Crippen LogP contribution in [0.25, 0.3) is 0 Å². The molecule has 5 atom stereocenters. The van der Waals surface area contributed by atoms with Crippen LogP contribution in [-0.4, -0.2) is 59.0 Å². The van der Waals surface area contributed by atoms with Crippen LogP contribution in [0.5, 0.6) is 0 Å². The van der Waals surface area contributed by atoms with E-state index in [9.17, 15) is 14.7 Å². The van der Waals surface area contributed by atoms with Gasteiger partial charge < -0.3 is 14.9 Å². The summed E-state index contributed by atoms with van der Waals surface area (Å²) in [6.07, 6.45) is 3.11. The maximum Gasteiger partial charge on any atom is 0.251 e. The van der Waals surface area contributed by atoms with Crippen molar-refractivity contribution in [3.05, 3.63) is 0 Å². The fourth-order valence-electron chi connectivity index (χ4n) is 5.28. The van der Waals surface area contributed by atoms with E-state index < -0.39 is 6.10 Å². The number of fused-ring (bicyclic) bond motifs is 5. The van der Waals surface area contributed by atoms with Crippen LogP contribution < -0.4 is 0 Å². The van der Waals surface area contributed by atoms with Gasteiger partial charge in [0, 0.05) is 32.1 Å². The summed E-state index contributed by atoms with van der Waals surface area (Å²) in [5.41, 5.74) is 0. The van der Waals surface area contributed by atoms with Gasteiger partial charge in [-0.15, -0.1) is 0 Å². The predicted molar refractivity (Wildman–Crippen MR) is 76.1 cm³/mol. The fraction of sp³-hybridized carbons (Fsp3) is 0.875. The van der Waals surface area contributed by atoms with Crippen molar-refractivity contribution < 1.29 is 14.7 Å². The van der Waals surface area contributed by atoms with Crippen molar-refractivity contribution in [1.82, 2.24) is 9.80 Å². The number of hydrogen-bond acceptors (Lipinski definition) is 3. The van der Waals surface area contributed by atoms with Crippen molar-refractivity contribution in [2.24, 2.45) is 29.6 Å². The van der Waals surface area contributed by atoms with Crippen molar-refractivity contribution in [3.63, 3.8) is 0 Å². The molecule has 2 bridgehead atoms. The van der Waals surface area contributed by atoms with Crippen LogP contribution in [0.1, 0.15) is 26.2 Å². The zero-order chi connectivity index (χ0) is 14.7. The van der Waals surface area contributed by atoms with Crippen LogP contribution in [0.2, 0.25) is 0 Å². The Morgan fingerprint density at radius 2 is 1.52 bits per heavy atom. The van der Waals surface area contributed by atoms with E-state index in [1.54, 1.807) is 4.90 Å². The van der Waals surface area contributed by atoms with Crippen LogP contribution in [0.3, 0.4) is 0 Å². The minimum Gasteiger partial charge on any atom is -0.384 e. The second-order valence-electron chi connectivity index (χ2n) is 7.34. The second-order valence-corrected chi connectivity index (χ2v) is 7.34. The first-order valence-corrected chi connectivity index (χ1v) is 8.33. The third-order valence-corrected chi connectivity index (χ3v) is 6.28. The summed E-state index contributed by atoms with van der Waals surface area (Å²) in [6.45, 7) is 3.88. The molecule has 21 heavy (non-hydrogen) atoms. The Balaban J connectivity index is 1.33. The van der Waals surface area contributed by atoms with E-state index >= 15 is 0 Å². The molecule has 4 rings (SSSR count). The molecule has 3 saturated carbocycles. The second kappa shape index (κ2) is 4.70. The van der Waals surface area contributed by atoms with Crippen molar-refractivity contribution in [1.29, 1.82) is 0 Å². The van der Waals surface area contributed by atoms with Gasteiger partial charge >= 0.3 is 0 Å². The van der Waals surface area contributed by atoms with Gasteiger partial charge in [-0.2, -0.15) is 0 Å². The van der Waals surface area contributed by atoms with E-state index in [4.69, 9.17) is 0 Å². The summed E-state index contributed by atoms with van der Waals surface area (Å²) >= 11 is 0. The molecule has 5 nitrogen and oxygen atoms in total. The zero-order valence-electron chi connectivity index (χ0n) is 12.6. The minimum atomic E-state index is -0.939. The lowest BCUT2D eigenvalue weighted by Gasteiger charge is -2.35. The number of piperazine rings is 1.